The van der Waals surface area contributed by atoms with Gasteiger partial charge in [-0.1, -0.05) is 18.2 Å². The lowest BCUT2D eigenvalue weighted by atomic mass is 9.94. The standard InChI is InChI=1S/C15H15NO3/c1-16-9-11(10-5-3-4-6-12(10)16)13(17)15(7-8-15)14(18)19-2/h3-6,9H,7-8H2,1-2H3. The van der Waals surface area contributed by atoms with E-state index in [1.165, 1.54) is 7.11 Å². The highest BCUT2D eigenvalue weighted by Gasteiger charge is 2.58. The van der Waals surface area contributed by atoms with Gasteiger partial charge in [-0.25, -0.2) is 0 Å². The van der Waals surface area contributed by atoms with Gasteiger partial charge in [0.05, 0.1) is 7.11 Å². The highest BCUT2D eigenvalue weighted by Crippen LogP contribution is 2.50. The van der Waals surface area contributed by atoms with Crippen LogP contribution in [0.4, 0.5) is 0 Å². The van der Waals surface area contributed by atoms with Crippen LogP contribution in [0.1, 0.15) is 23.2 Å². The number of Topliss-reactive ketones (excluding diaryl/α,β-unsaturated/α-hetero) is 1. The zero-order valence-electron chi connectivity index (χ0n) is 11.0. The van der Waals surface area contributed by atoms with Crippen molar-refractivity contribution >= 4 is 22.7 Å². The minimum atomic E-state index is -0.932. The maximum absolute atomic E-state index is 12.6. The first-order valence-electron chi connectivity index (χ1n) is 6.27. The van der Waals surface area contributed by atoms with Crippen LogP contribution in [-0.4, -0.2) is 23.4 Å². The molecule has 4 nitrogen and oxygen atoms in total. The number of rotatable bonds is 3. The molecule has 1 fully saturated rings. The Labute approximate surface area is 111 Å². The van der Waals surface area contributed by atoms with Gasteiger partial charge in [0.25, 0.3) is 0 Å². The van der Waals surface area contributed by atoms with Gasteiger partial charge in [-0.3, -0.25) is 9.59 Å². The van der Waals surface area contributed by atoms with Gasteiger partial charge in [-0.2, -0.15) is 0 Å². The number of carbonyl (C=O) groups is 2. The Morgan fingerprint density at radius 3 is 2.58 bits per heavy atom. The summed E-state index contributed by atoms with van der Waals surface area (Å²) in [5.74, 6) is -0.526. The van der Waals surface area contributed by atoms with E-state index in [2.05, 4.69) is 0 Å². The summed E-state index contributed by atoms with van der Waals surface area (Å²) in [5, 5.41) is 0.894. The summed E-state index contributed by atoms with van der Waals surface area (Å²) < 4.78 is 6.69. The second-order valence-corrected chi connectivity index (χ2v) is 5.07. The zero-order chi connectivity index (χ0) is 13.6. The third-order valence-electron chi connectivity index (χ3n) is 3.90. The predicted molar refractivity (Wildman–Crippen MR) is 70.9 cm³/mol. The number of benzene rings is 1. The number of ketones is 1. The van der Waals surface area contributed by atoms with Crippen molar-refractivity contribution < 1.29 is 14.3 Å². The van der Waals surface area contributed by atoms with Crippen LogP contribution in [0.5, 0.6) is 0 Å². The first kappa shape index (κ1) is 12.0. The van der Waals surface area contributed by atoms with Crippen LogP contribution in [0.2, 0.25) is 0 Å². The smallest absolute Gasteiger partial charge is 0.319 e. The van der Waals surface area contributed by atoms with E-state index in [1.54, 1.807) is 6.20 Å². The van der Waals surface area contributed by atoms with Crippen LogP contribution in [-0.2, 0) is 16.6 Å². The molecule has 0 radical (unpaired) electrons. The Bertz CT molecular complexity index is 680. The molecular weight excluding hydrogens is 242 g/mol. The second kappa shape index (κ2) is 3.95. The van der Waals surface area contributed by atoms with Crippen molar-refractivity contribution in [3.8, 4) is 0 Å². The van der Waals surface area contributed by atoms with Crippen LogP contribution < -0.4 is 0 Å². The minimum absolute atomic E-state index is 0.115. The Balaban J connectivity index is 2.11. The number of hydrogen-bond acceptors (Lipinski definition) is 3. The molecule has 0 spiro atoms. The fourth-order valence-electron chi connectivity index (χ4n) is 2.62. The monoisotopic (exact) mass is 257 g/mol. The van der Waals surface area contributed by atoms with E-state index in [1.807, 2.05) is 35.9 Å². The Hall–Kier alpha value is -2.10. The molecule has 0 N–H and O–H groups in total. The summed E-state index contributed by atoms with van der Waals surface area (Å²) in [4.78, 5) is 24.4. The van der Waals surface area contributed by atoms with Crippen LogP contribution in [0.3, 0.4) is 0 Å². The molecule has 1 aromatic heterocycles. The van der Waals surface area contributed by atoms with Gasteiger partial charge < -0.3 is 9.30 Å². The van der Waals surface area contributed by atoms with Crippen molar-refractivity contribution in [1.82, 2.24) is 4.57 Å². The van der Waals surface area contributed by atoms with Gasteiger partial charge in [-0.05, 0) is 18.9 Å². The predicted octanol–water partition coefficient (Wildman–Crippen LogP) is 2.31. The summed E-state index contributed by atoms with van der Waals surface area (Å²) in [5.41, 5.74) is 0.673. The molecule has 0 atom stereocenters. The molecule has 0 saturated heterocycles. The van der Waals surface area contributed by atoms with Crippen LogP contribution >= 0.6 is 0 Å². The molecule has 2 aromatic rings. The largest absolute Gasteiger partial charge is 0.468 e. The number of esters is 1. The molecule has 98 valence electrons. The van der Waals surface area contributed by atoms with Crippen molar-refractivity contribution in [1.29, 1.82) is 0 Å². The van der Waals surface area contributed by atoms with Gasteiger partial charge in [-0.15, -0.1) is 0 Å². The van der Waals surface area contributed by atoms with Crippen LogP contribution in [0.25, 0.3) is 10.9 Å². The minimum Gasteiger partial charge on any atom is -0.468 e. The third-order valence-corrected chi connectivity index (χ3v) is 3.90. The summed E-state index contributed by atoms with van der Waals surface area (Å²) >= 11 is 0. The lowest BCUT2D eigenvalue weighted by Gasteiger charge is -2.10. The lowest BCUT2D eigenvalue weighted by Crippen LogP contribution is -2.27. The Morgan fingerprint density at radius 2 is 1.95 bits per heavy atom. The van der Waals surface area contributed by atoms with Gasteiger partial charge in [0, 0.05) is 29.7 Å². The number of para-hydroxylation sites is 1. The van der Waals surface area contributed by atoms with Crippen molar-refractivity contribution in [2.24, 2.45) is 12.5 Å². The van der Waals surface area contributed by atoms with Gasteiger partial charge in [0.15, 0.2) is 5.78 Å². The quantitative estimate of drug-likeness (QED) is 0.481. The van der Waals surface area contributed by atoms with Crippen molar-refractivity contribution in [2.75, 3.05) is 7.11 Å². The lowest BCUT2D eigenvalue weighted by molar-refractivity contribution is -0.145. The molecule has 1 aromatic carbocycles. The molecule has 3 rings (SSSR count). The average molecular weight is 257 g/mol. The Kier molecular flexibility index (Phi) is 2.49. The first-order valence-corrected chi connectivity index (χ1v) is 6.27. The highest BCUT2D eigenvalue weighted by molar-refractivity contribution is 6.19. The average Bonchev–Trinajstić information content (AvgIpc) is 3.18. The van der Waals surface area contributed by atoms with E-state index in [4.69, 9.17) is 4.74 Å². The normalized spacial score (nSPS) is 16.3. The van der Waals surface area contributed by atoms with Crippen LogP contribution in [0, 0.1) is 5.41 Å². The third kappa shape index (κ3) is 1.59. The van der Waals surface area contributed by atoms with Gasteiger partial charge in [0.1, 0.15) is 5.41 Å². The Morgan fingerprint density at radius 1 is 1.26 bits per heavy atom. The van der Waals surface area contributed by atoms with E-state index < -0.39 is 11.4 Å². The van der Waals surface area contributed by atoms with Crippen LogP contribution in [0.15, 0.2) is 30.5 Å². The van der Waals surface area contributed by atoms with Gasteiger partial charge in [0.2, 0.25) is 0 Å². The molecule has 1 heterocycles. The maximum atomic E-state index is 12.6. The summed E-state index contributed by atoms with van der Waals surface area (Å²) in [6.45, 7) is 0. The number of ether oxygens (including phenoxy) is 1. The highest BCUT2D eigenvalue weighted by atomic mass is 16.5. The summed E-state index contributed by atoms with van der Waals surface area (Å²) in [6, 6.07) is 7.71. The first-order chi connectivity index (χ1) is 9.10. The number of aromatic nitrogens is 1. The fourth-order valence-corrected chi connectivity index (χ4v) is 2.62. The number of hydrogen-bond donors (Lipinski definition) is 0. The second-order valence-electron chi connectivity index (χ2n) is 5.07. The van der Waals surface area contributed by atoms with Crippen molar-refractivity contribution in [2.45, 2.75) is 12.8 Å². The molecule has 1 aliphatic rings. The van der Waals surface area contributed by atoms with Gasteiger partial charge >= 0.3 is 5.97 Å². The maximum Gasteiger partial charge on any atom is 0.319 e. The molecule has 0 bridgehead atoms. The topological polar surface area (TPSA) is 48.3 Å². The van der Waals surface area contributed by atoms with Crippen molar-refractivity contribution in [3.05, 3.63) is 36.0 Å². The van der Waals surface area contributed by atoms with E-state index in [0.717, 1.165) is 10.9 Å². The fraction of sp³-hybridized carbons (Fsp3) is 0.333. The van der Waals surface area contributed by atoms with E-state index in [9.17, 15) is 9.59 Å². The van der Waals surface area contributed by atoms with E-state index in [0.29, 0.717) is 18.4 Å². The van der Waals surface area contributed by atoms with E-state index >= 15 is 0 Å². The molecule has 19 heavy (non-hydrogen) atoms. The number of fused-ring (bicyclic) bond motifs is 1. The van der Waals surface area contributed by atoms with E-state index in [-0.39, 0.29) is 5.78 Å². The number of methoxy groups -OCH3 is 1. The zero-order valence-corrected chi connectivity index (χ0v) is 11.0. The SMILES string of the molecule is COC(=O)C1(C(=O)c2cn(C)c3ccccc23)CC1. The number of carbonyl (C=O) groups excluding carboxylic acids is 2. The summed E-state index contributed by atoms with van der Waals surface area (Å²) in [6.07, 6.45) is 2.97. The number of nitrogens with zero attached hydrogens (tertiary/aromatic N) is 1. The summed E-state index contributed by atoms with van der Waals surface area (Å²) in [7, 11) is 3.23. The molecule has 0 aliphatic heterocycles. The molecular formula is C15H15NO3. The molecule has 4 heteroatoms. The molecule has 0 unspecified atom stereocenters. The number of aryl methyl sites for hydroxylation is 1. The molecule has 1 saturated carbocycles. The molecule has 1 aliphatic carbocycles. The molecule has 0 amide bonds. The van der Waals surface area contributed by atoms with Crippen molar-refractivity contribution in [3.63, 3.8) is 0 Å².